The van der Waals surface area contributed by atoms with Crippen LogP contribution in [-0.4, -0.2) is 41.3 Å². The third kappa shape index (κ3) is 4.39. The van der Waals surface area contributed by atoms with Gasteiger partial charge < -0.3 is 19.9 Å². The summed E-state index contributed by atoms with van der Waals surface area (Å²) in [5.74, 6) is 1.40. The van der Waals surface area contributed by atoms with Gasteiger partial charge in [0.05, 0.1) is 18.5 Å². The molecule has 1 heterocycles. The van der Waals surface area contributed by atoms with E-state index in [0.29, 0.717) is 12.3 Å². The lowest BCUT2D eigenvalue weighted by atomic mass is 10.3. The molecular formula is C15H21N3O3. The Hall–Kier alpha value is -2.21. The van der Waals surface area contributed by atoms with E-state index in [4.69, 9.17) is 9.47 Å². The molecule has 6 heteroatoms. The molecule has 0 aliphatic rings. The predicted octanol–water partition coefficient (Wildman–Crippen LogP) is 1.59. The summed E-state index contributed by atoms with van der Waals surface area (Å²) in [5.41, 5.74) is 1.82. The minimum atomic E-state index is -0.615. The van der Waals surface area contributed by atoms with E-state index in [9.17, 15) is 5.11 Å². The maximum Gasteiger partial charge on any atom is 0.123 e. The minimum Gasteiger partial charge on any atom is -0.497 e. The lowest BCUT2D eigenvalue weighted by molar-refractivity contribution is 0.117. The van der Waals surface area contributed by atoms with Gasteiger partial charge in [-0.15, -0.1) is 0 Å². The molecule has 0 saturated heterocycles. The molecule has 1 atom stereocenters. The predicted molar refractivity (Wildman–Crippen MR) is 80.9 cm³/mol. The molecule has 0 fully saturated rings. The largest absolute Gasteiger partial charge is 0.497 e. The number of benzene rings is 1. The van der Waals surface area contributed by atoms with Crippen LogP contribution in [0.15, 0.2) is 30.5 Å². The van der Waals surface area contributed by atoms with Crippen molar-refractivity contribution in [1.82, 2.24) is 9.78 Å². The van der Waals surface area contributed by atoms with Gasteiger partial charge in [-0.1, -0.05) is 6.07 Å². The van der Waals surface area contributed by atoms with Crippen LogP contribution in [0.2, 0.25) is 0 Å². The lowest BCUT2D eigenvalue weighted by Gasteiger charge is -2.14. The van der Waals surface area contributed by atoms with Gasteiger partial charge in [0, 0.05) is 25.9 Å². The summed E-state index contributed by atoms with van der Waals surface area (Å²) in [5, 5.41) is 17.3. The molecule has 114 valence electrons. The Kier molecular flexibility index (Phi) is 5.05. The normalized spacial score (nSPS) is 12.0. The monoisotopic (exact) mass is 291 g/mol. The molecule has 6 nitrogen and oxygen atoms in total. The highest BCUT2D eigenvalue weighted by Crippen LogP contribution is 2.19. The molecule has 0 bridgehead atoms. The fourth-order valence-electron chi connectivity index (χ4n) is 1.94. The number of methoxy groups -OCH3 is 1. The molecule has 2 rings (SSSR count). The Balaban J connectivity index is 1.79. The van der Waals surface area contributed by atoms with Gasteiger partial charge in [-0.05, 0) is 19.1 Å². The van der Waals surface area contributed by atoms with Crippen LogP contribution in [0.3, 0.4) is 0 Å². The lowest BCUT2D eigenvalue weighted by Crippen LogP contribution is -2.26. The highest BCUT2D eigenvalue weighted by Gasteiger charge is 2.08. The number of aryl methyl sites for hydroxylation is 2. The molecule has 2 N–H and O–H groups in total. The third-order valence-electron chi connectivity index (χ3n) is 3.03. The average molecular weight is 291 g/mol. The topological polar surface area (TPSA) is 68.5 Å². The highest BCUT2D eigenvalue weighted by atomic mass is 16.5. The minimum absolute atomic E-state index is 0.208. The number of nitrogens with zero attached hydrogens (tertiary/aromatic N) is 2. The highest BCUT2D eigenvalue weighted by molar-refractivity contribution is 5.45. The molecule has 2 aromatic rings. The van der Waals surface area contributed by atoms with E-state index in [-0.39, 0.29) is 6.61 Å². The number of aromatic nitrogens is 2. The quantitative estimate of drug-likeness (QED) is 0.811. The summed E-state index contributed by atoms with van der Waals surface area (Å²) in [6.45, 7) is 2.53. The van der Waals surface area contributed by atoms with E-state index >= 15 is 0 Å². The van der Waals surface area contributed by atoms with Crippen molar-refractivity contribution in [1.29, 1.82) is 0 Å². The van der Waals surface area contributed by atoms with E-state index in [1.165, 1.54) is 0 Å². The van der Waals surface area contributed by atoms with Crippen LogP contribution in [0.5, 0.6) is 11.5 Å². The summed E-state index contributed by atoms with van der Waals surface area (Å²) in [6.07, 6.45) is 1.26. The molecule has 0 aliphatic carbocycles. The summed E-state index contributed by atoms with van der Waals surface area (Å²) in [7, 11) is 3.47. The van der Waals surface area contributed by atoms with Gasteiger partial charge >= 0.3 is 0 Å². The molecule has 0 amide bonds. The van der Waals surface area contributed by atoms with Gasteiger partial charge in [-0.2, -0.15) is 5.10 Å². The van der Waals surface area contributed by atoms with Crippen molar-refractivity contribution in [2.75, 3.05) is 25.6 Å². The van der Waals surface area contributed by atoms with E-state index in [2.05, 4.69) is 10.4 Å². The van der Waals surface area contributed by atoms with Crippen LogP contribution >= 0.6 is 0 Å². The Morgan fingerprint density at radius 3 is 2.81 bits per heavy atom. The second-order valence-corrected chi connectivity index (χ2v) is 4.83. The average Bonchev–Trinajstić information content (AvgIpc) is 2.81. The van der Waals surface area contributed by atoms with Crippen LogP contribution in [0.1, 0.15) is 5.69 Å². The van der Waals surface area contributed by atoms with E-state index < -0.39 is 6.10 Å². The maximum absolute atomic E-state index is 9.95. The van der Waals surface area contributed by atoms with Crippen LogP contribution < -0.4 is 14.8 Å². The fourth-order valence-corrected chi connectivity index (χ4v) is 1.94. The molecule has 1 aromatic carbocycles. The molecule has 0 aliphatic heterocycles. The van der Waals surface area contributed by atoms with Crippen molar-refractivity contribution in [2.45, 2.75) is 13.0 Å². The van der Waals surface area contributed by atoms with Crippen molar-refractivity contribution in [3.8, 4) is 11.5 Å². The van der Waals surface area contributed by atoms with Crippen LogP contribution in [0, 0.1) is 6.92 Å². The smallest absolute Gasteiger partial charge is 0.123 e. The van der Waals surface area contributed by atoms with Crippen molar-refractivity contribution >= 4 is 5.69 Å². The van der Waals surface area contributed by atoms with Gasteiger partial charge in [-0.3, -0.25) is 4.68 Å². The number of hydrogen-bond acceptors (Lipinski definition) is 5. The summed E-state index contributed by atoms with van der Waals surface area (Å²) < 4.78 is 12.4. The summed E-state index contributed by atoms with van der Waals surface area (Å²) >= 11 is 0. The molecule has 21 heavy (non-hydrogen) atoms. The summed E-state index contributed by atoms with van der Waals surface area (Å²) in [6, 6.07) is 7.30. The van der Waals surface area contributed by atoms with Gasteiger partial charge in [0.25, 0.3) is 0 Å². The van der Waals surface area contributed by atoms with Crippen LogP contribution in [0.25, 0.3) is 0 Å². The third-order valence-corrected chi connectivity index (χ3v) is 3.03. The Morgan fingerprint density at radius 1 is 1.38 bits per heavy atom. The van der Waals surface area contributed by atoms with Crippen LogP contribution in [0.4, 0.5) is 5.69 Å². The number of anilines is 1. The Bertz CT molecular complexity index is 583. The first-order chi connectivity index (χ1) is 10.1. The first-order valence-electron chi connectivity index (χ1n) is 6.77. The van der Waals surface area contributed by atoms with Crippen LogP contribution in [-0.2, 0) is 7.05 Å². The SMILES string of the molecule is COc1cccc(OCC(O)CNc2cn(C)nc2C)c1. The number of aliphatic hydroxyl groups is 1. The number of rotatable bonds is 7. The molecule has 1 aromatic heterocycles. The van der Waals surface area contributed by atoms with E-state index in [0.717, 1.165) is 17.1 Å². The Morgan fingerprint density at radius 2 is 2.14 bits per heavy atom. The second kappa shape index (κ2) is 6.99. The van der Waals surface area contributed by atoms with Crippen molar-refractivity contribution in [3.05, 3.63) is 36.2 Å². The standard InChI is InChI=1S/C15H21N3O3/c1-11-15(9-18(2)17-11)16-8-12(19)10-21-14-6-4-5-13(7-14)20-3/h4-7,9,12,16,19H,8,10H2,1-3H3. The van der Waals surface area contributed by atoms with Gasteiger partial charge in [0.2, 0.25) is 0 Å². The molecule has 0 radical (unpaired) electrons. The van der Waals surface area contributed by atoms with E-state index in [1.54, 1.807) is 17.9 Å². The molecule has 1 unspecified atom stereocenters. The molecule has 0 spiro atoms. The first-order valence-corrected chi connectivity index (χ1v) is 6.77. The number of ether oxygens (including phenoxy) is 2. The molecular weight excluding hydrogens is 270 g/mol. The maximum atomic E-state index is 9.95. The van der Waals surface area contributed by atoms with E-state index in [1.807, 2.05) is 38.4 Å². The van der Waals surface area contributed by atoms with Crippen molar-refractivity contribution < 1.29 is 14.6 Å². The van der Waals surface area contributed by atoms with Crippen molar-refractivity contribution in [3.63, 3.8) is 0 Å². The number of aliphatic hydroxyl groups excluding tert-OH is 1. The summed E-state index contributed by atoms with van der Waals surface area (Å²) in [4.78, 5) is 0. The van der Waals surface area contributed by atoms with Gasteiger partial charge in [0.15, 0.2) is 0 Å². The number of hydrogen-bond donors (Lipinski definition) is 2. The Labute approximate surface area is 124 Å². The molecule has 0 saturated carbocycles. The zero-order chi connectivity index (χ0) is 15.2. The zero-order valence-corrected chi connectivity index (χ0v) is 12.5. The number of nitrogens with one attached hydrogen (secondary N) is 1. The fraction of sp³-hybridized carbons (Fsp3) is 0.400. The van der Waals surface area contributed by atoms with Gasteiger partial charge in [-0.25, -0.2) is 0 Å². The second-order valence-electron chi connectivity index (χ2n) is 4.83. The zero-order valence-electron chi connectivity index (χ0n) is 12.5. The van der Waals surface area contributed by atoms with Crippen molar-refractivity contribution in [2.24, 2.45) is 7.05 Å². The first kappa shape index (κ1) is 15.2. The van der Waals surface area contributed by atoms with Gasteiger partial charge in [0.1, 0.15) is 24.2 Å².